The van der Waals surface area contributed by atoms with Gasteiger partial charge in [0.15, 0.2) is 0 Å². The van der Waals surface area contributed by atoms with Crippen molar-refractivity contribution in [2.24, 2.45) is 0 Å². The summed E-state index contributed by atoms with van der Waals surface area (Å²) < 4.78 is 3.34. The van der Waals surface area contributed by atoms with E-state index in [1.54, 1.807) is 11.9 Å². The molecule has 2 heterocycles. The van der Waals surface area contributed by atoms with Gasteiger partial charge in [-0.2, -0.15) is 13.5 Å². The Hall–Kier alpha value is 0.896. The fourth-order valence-electron chi connectivity index (χ4n) is 2.33. The topological polar surface area (TPSA) is 24.9 Å². The Labute approximate surface area is 177 Å². The third-order valence-corrected chi connectivity index (χ3v) is 6.07. The van der Waals surface area contributed by atoms with Crippen molar-refractivity contribution in [2.75, 3.05) is 4.72 Å². The first-order valence-corrected chi connectivity index (χ1v) is 8.78. The Morgan fingerprint density at radius 1 is 1.20 bits per heavy atom. The van der Waals surface area contributed by atoms with Gasteiger partial charge in [-0.1, -0.05) is 18.2 Å². The van der Waals surface area contributed by atoms with Gasteiger partial charge in [-0.05, 0) is 35.3 Å². The molecule has 7 heteroatoms. The second-order valence-electron chi connectivity index (χ2n) is 4.12. The maximum absolute atomic E-state index is 5.48. The summed E-state index contributed by atoms with van der Waals surface area (Å²) in [5.41, 5.74) is 3.43. The van der Waals surface area contributed by atoms with Crippen molar-refractivity contribution in [1.82, 2.24) is 4.98 Å². The van der Waals surface area contributed by atoms with E-state index < -0.39 is 6.74 Å². The summed E-state index contributed by atoms with van der Waals surface area (Å²) in [6.07, 6.45) is 1.84. The smallest absolute Gasteiger partial charge is 0.728 e. The van der Waals surface area contributed by atoms with Crippen molar-refractivity contribution < 1.29 is 51.4 Å². The number of hydrogen-bond acceptors (Lipinski definition) is 4. The van der Waals surface area contributed by atoms with Crippen LogP contribution in [0.4, 0.5) is 5.69 Å². The quantitative estimate of drug-likeness (QED) is 0.406. The normalized spacial score (nSPS) is 12.6. The molecule has 0 fully saturated rings. The largest absolute Gasteiger partial charge is 1.00 e. The van der Waals surface area contributed by atoms with Crippen LogP contribution in [0.3, 0.4) is 0 Å². The Balaban J connectivity index is 0.000000735. The molecule has 4 rings (SSSR count). The molecule has 0 saturated heterocycles. The van der Waals surface area contributed by atoms with Gasteiger partial charge in [0.2, 0.25) is 0 Å². The molecule has 1 unspecified atom stereocenters. The number of aromatic nitrogens is 1. The zero-order valence-electron chi connectivity index (χ0n) is 10.8. The van der Waals surface area contributed by atoms with Crippen LogP contribution in [0.2, 0.25) is 0 Å². The Kier molecular flexibility index (Phi) is 6.02. The molecular formula is C13H10KN2PS3. The van der Waals surface area contributed by atoms with Crippen LogP contribution < -0.4 is 56.1 Å². The monoisotopic (exact) mass is 360 g/mol. The summed E-state index contributed by atoms with van der Waals surface area (Å²) in [6.45, 7) is -0.651. The van der Waals surface area contributed by atoms with Gasteiger partial charge < -0.3 is 17.0 Å². The molecule has 1 aliphatic rings. The van der Waals surface area contributed by atoms with E-state index in [1.807, 2.05) is 12.0 Å². The molecular weight excluding hydrogens is 350 g/mol. The summed E-state index contributed by atoms with van der Waals surface area (Å²) in [6, 6.07) is 10.7. The van der Waals surface area contributed by atoms with Crippen molar-refractivity contribution in [1.29, 1.82) is 0 Å². The third-order valence-electron chi connectivity index (χ3n) is 3.12. The van der Waals surface area contributed by atoms with Crippen molar-refractivity contribution >= 4 is 60.9 Å². The predicted octanol–water partition coefficient (Wildman–Crippen LogP) is 1.75. The maximum atomic E-state index is 5.48. The summed E-state index contributed by atoms with van der Waals surface area (Å²) in [5, 5.41) is 2.55. The van der Waals surface area contributed by atoms with Gasteiger partial charge >= 0.3 is 51.4 Å². The molecule has 0 aliphatic carbocycles. The average molecular weight is 361 g/mol. The number of nitrogens with zero attached hydrogens (tertiary/aromatic N) is 1. The van der Waals surface area contributed by atoms with E-state index in [2.05, 4.69) is 40.0 Å². The minimum absolute atomic E-state index is 0. The molecule has 3 aromatic rings. The number of nitrogens with one attached hydrogen (secondary N) is 1. The molecule has 1 atom stereocenters. The summed E-state index contributed by atoms with van der Waals surface area (Å²) >= 11 is 7.15. The minimum Gasteiger partial charge on any atom is -0.728 e. The van der Waals surface area contributed by atoms with E-state index in [-0.39, 0.29) is 64.9 Å². The average Bonchev–Trinajstić information content (AvgIpc) is 2.99. The maximum Gasteiger partial charge on any atom is 1.00 e. The SMILES string of the molecule is S.[K+].[S-]p1ccnc1-c1ccc2c3c(cccc13)NS2. The van der Waals surface area contributed by atoms with Gasteiger partial charge in [-0.15, -0.1) is 0 Å². The van der Waals surface area contributed by atoms with Crippen molar-refractivity contribution in [2.45, 2.75) is 4.90 Å². The molecule has 2 aromatic carbocycles. The van der Waals surface area contributed by atoms with Gasteiger partial charge in [0.1, 0.15) is 0 Å². The molecule has 0 spiro atoms. The molecule has 1 aromatic heterocycles. The number of hydrogen-bond donors (Lipinski definition) is 1. The molecule has 0 bridgehead atoms. The summed E-state index contributed by atoms with van der Waals surface area (Å²) in [7, 11) is 0. The van der Waals surface area contributed by atoms with Crippen molar-refractivity contribution in [3.05, 3.63) is 42.3 Å². The van der Waals surface area contributed by atoms with Crippen LogP contribution in [-0.4, -0.2) is 4.98 Å². The molecule has 2 nitrogen and oxygen atoms in total. The molecule has 1 aliphatic heterocycles. The molecule has 96 valence electrons. The zero-order valence-corrected chi connectivity index (χ0v) is 17.4. The summed E-state index contributed by atoms with van der Waals surface area (Å²) in [4.78, 5) is 5.73. The Morgan fingerprint density at radius 3 is 2.80 bits per heavy atom. The standard InChI is InChI=1S/C13H8N2PS2.K.H2S/c17-16-7-6-14-13(16)9-4-5-11-12-8(9)2-1-3-10(12)15-18-11;;/h1-7,15H;;1H2/q-1;+1;. The number of anilines is 1. The fraction of sp³-hybridized carbons (Fsp3) is 0. The van der Waals surface area contributed by atoms with Crippen LogP contribution in [0.25, 0.3) is 21.8 Å². The summed E-state index contributed by atoms with van der Waals surface area (Å²) in [5.74, 6) is 2.02. The Morgan fingerprint density at radius 2 is 2.05 bits per heavy atom. The zero-order chi connectivity index (χ0) is 12.1. The van der Waals surface area contributed by atoms with Gasteiger partial charge in [-0.25, -0.2) is 6.74 Å². The van der Waals surface area contributed by atoms with Gasteiger partial charge in [0.25, 0.3) is 0 Å². The van der Waals surface area contributed by atoms with Crippen LogP contribution in [0.5, 0.6) is 0 Å². The van der Waals surface area contributed by atoms with E-state index in [4.69, 9.17) is 12.2 Å². The first-order valence-electron chi connectivity index (χ1n) is 5.54. The third kappa shape index (κ3) is 2.75. The van der Waals surface area contributed by atoms with Crippen LogP contribution in [-0.2, 0) is 12.2 Å². The molecule has 1 N–H and O–H groups in total. The number of rotatable bonds is 1. The fourth-order valence-corrected chi connectivity index (χ4v) is 4.72. The van der Waals surface area contributed by atoms with Crippen molar-refractivity contribution in [3.63, 3.8) is 0 Å². The molecule has 0 saturated carbocycles. The first-order chi connectivity index (χ1) is 8.84. The number of benzene rings is 2. The Bertz CT molecular complexity index is 765. The van der Waals surface area contributed by atoms with Crippen LogP contribution in [0.15, 0.2) is 47.2 Å². The van der Waals surface area contributed by atoms with Crippen LogP contribution >= 0.6 is 32.2 Å². The van der Waals surface area contributed by atoms with Gasteiger partial charge in [0, 0.05) is 22.0 Å². The van der Waals surface area contributed by atoms with Crippen molar-refractivity contribution in [3.8, 4) is 11.0 Å². The first kappa shape index (κ1) is 17.3. The second kappa shape index (κ2) is 6.98. The van der Waals surface area contributed by atoms with E-state index >= 15 is 0 Å². The van der Waals surface area contributed by atoms with Gasteiger partial charge in [-0.3, -0.25) is 4.98 Å². The van der Waals surface area contributed by atoms with E-state index in [9.17, 15) is 0 Å². The molecule has 0 amide bonds. The van der Waals surface area contributed by atoms with E-state index in [0.717, 1.165) is 5.43 Å². The van der Waals surface area contributed by atoms with E-state index in [0.29, 0.717) is 0 Å². The minimum atomic E-state index is -0.651. The van der Waals surface area contributed by atoms with E-state index in [1.165, 1.54) is 26.9 Å². The van der Waals surface area contributed by atoms with Gasteiger partial charge in [0.05, 0.1) is 11.1 Å². The molecule has 20 heavy (non-hydrogen) atoms. The predicted molar refractivity (Wildman–Crippen MR) is 92.5 cm³/mol. The molecule has 0 radical (unpaired) electrons. The van der Waals surface area contributed by atoms with Crippen LogP contribution in [0, 0.1) is 0 Å². The van der Waals surface area contributed by atoms with Crippen LogP contribution in [0.1, 0.15) is 0 Å². The second-order valence-corrected chi connectivity index (χ2v) is 7.52.